The maximum absolute atomic E-state index is 11.9. The molecule has 1 saturated heterocycles. The molecule has 1 aliphatic carbocycles. The van der Waals surface area contributed by atoms with E-state index in [1.54, 1.807) is 6.20 Å². The van der Waals surface area contributed by atoms with Crippen LogP contribution in [0.15, 0.2) is 6.20 Å². The predicted molar refractivity (Wildman–Crippen MR) is 66.7 cm³/mol. The van der Waals surface area contributed by atoms with Gasteiger partial charge in [-0.1, -0.05) is 25.7 Å². The summed E-state index contributed by atoms with van der Waals surface area (Å²) < 4.78 is 0. The molecule has 0 radical (unpaired) electrons. The van der Waals surface area contributed by atoms with Gasteiger partial charge in [-0.05, 0) is 11.8 Å². The molecule has 0 bridgehead atoms. The number of likely N-dealkylation sites (tertiary alicyclic amines) is 1. The fraction of sp³-hybridized carbons (Fsp3) is 0.769. The number of nitrogens with zero attached hydrogens (tertiary/aromatic N) is 3. The lowest BCUT2D eigenvalue weighted by Crippen LogP contribution is -2.52. The summed E-state index contributed by atoms with van der Waals surface area (Å²) in [6.07, 6.45) is 8.48. The van der Waals surface area contributed by atoms with Gasteiger partial charge in [0, 0.05) is 25.9 Å². The van der Waals surface area contributed by atoms with Crippen LogP contribution in [-0.2, 0) is 11.2 Å². The van der Waals surface area contributed by atoms with Crippen LogP contribution in [0, 0.1) is 11.8 Å². The lowest BCUT2D eigenvalue weighted by molar-refractivity contribution is -0.138. The summed E-state index contributed by atoms with van der Waals surface area (Å²) in [5.74, 6) is 1.94. The fourth-order valence-corrected chi connectivity index (χ4v) is 3.18. The van der Waals surface area contributed by atoms with E-state index >= 15 is 0 Å². The number of carbonyl (C=O) groups excluding carboxylic acids is 1. The highest BCUT2D eigenvalue weighted by atomic mass is 16.2. The lowest BCUT2D eigenvalue weighted by atomic mass is 9.84. The molecule has 2 fully saturated rings. The van der Waals surface area contributed by atoms with Crippen LogP contribution >= 0.6 is 0 Å². The number of hydrogen-bond acceptors (Lipinski definition) is 3. The maximum atomic E-state index is 11.9. The Labute approximate surface area is 107 Å². The first-order valence-corrected chi connectivity index (χ1v) is 6.95. The van der Waals surface area contributed by atoms with Gasteiger partial charge in [0.2, 0.25) is 5.91 Å². The first-order chi connectivity index (χ1) is 8.83. The van der Waals surface area contributed by atoms with Gasteiger partial charge in [0.1, 0.15) is 0 Å². The van der Waals surface area contributed by atoms with Crippen molar-refractivity contribution in [3.63, 3.8) is 0 Å². The molecule has 18 heavy (non-hydrogen) atoms. The van der Waals surface area contributed by atoms with Crippen LogP contribution in [0.2, 0.25) is 0 Å². The third-order valence-electron chi connectivity index (χ3n) is 4.39. The minimum atomic E-state index is 0.271. The molecule has 3 rings (SSSR count). The van der Waals surface area contributed by atoms with Crippen molar-refractivity contribution in [1.29, 1.82) is 0 Å². The Morgan fingerprint density at radius 1 is 1.33 bits per heavy atom. The van der Waals surface area contributed by atoms with Gasteiger partial charge in [-0.2, -0.15) is 15.4 Å². The molecule has 2 heterocycles. The Kier molecular flexibility index (Phi) is 3.30. The zero-order valence-electron chi connectivity index (χ0n) is 10.6. The van der Waals surface area contributed by atoms with Crippen LogP contribution in [0.4, 0.5) is 0 Å². The van der Waals surface area contributed by atoms with Gasteiger partial charge in [0.05, 0.1) is 11.9 Å². The van der Waals surface area contributed by atoms with Crippen molar-refractivity contribution in [2.45, 2.75) is 38.5 Å². The van der Waals surface area contributed by atoms with Crippen molar-refractivity contribution < 1.29 is 4.79 Å². The Hall–Kier alpha value is -1.39. The third-order valence-corrected chi connectivity index (χ3v) is 4.39. The Bertz CT molecular complexity index is 391. The molecule has 1 N–H and O–H groups in total. The predicted octanol–water partition coefficient (Wildman–Crippen LogP) is 1.39. The summed E-state index contributed by atoms with van der Waals surface area (Å²) in [5, 5.41) is 10.3. The van der Waals surface area contributed by atoms with Crippen molar-refractivity contribution in [2.24, 2.45) is 11.8 Å². The highest BCUT2D eigenvalue weighted by molar-refractivity contribution is 5.77. The summed E-state index contributed by atoms with van der Waals surface area (Å²) in [6, 6.07) is 0. The molecular formula is C13H20N4O. The van der Waals surface area contributed by atoms with Gasteiger partial charge < -0.3 is 4.90 Å². The van der Waals surface area contributed by atoms with E-state index in [4.69, 9.17) is 0 Å². The minimum absolute atomic E-state index is 0.271. The minimum Gasteiger partial charge on any atom is -0.342 e. The molecule has 0 atom stereocenters. The quantitative estimate of drug-likeness (QED) is 0.875. The van der Waals surface area contributed by atoms with Crippen LogP contribution in [-0.4, -0.2) is 39.3 Å². The molecule has 2 aliphatic rings. The summed E-state index contributed by atoms with van der Waals surface area (Å²) in [6.45, 7) is 1.98. The topological polar surface area (TPSA) is 61.9 Å². The highest BCUT2D eigenvalue weighted by Gasteiger charge is 2.36. The second-order valence-corrected chi connectivity index (χ2v) is 5.56. The largest absolute Gasteiger partial charge is 0.342 e. The van der Waals surface area contributed by atoms with Crippen LogP contribution in [0.5, 0.6) is 0 Å². The van der Waals surface area contributed by atoms with E-state index < -0.39 is 0 Å². The van der Waals surface area contributed by atoms with E-state index in [9.17, 15) is 4.79 Å². The number of amides is 1. The molecule has 0 unspecified atom stereocenters. The van der Waals surface area contributed by atoms with Gasteiger partial charge in [-0.25, -0.2) is 0 Å². The molecule has 98 valence electrons. The van der Waals surface area contributed by atoms with Gasteiger partial charge >= 0.3 is 0 Å². The molecule has 0 spiro atoms. The number of hydrogen-bond donors (Lipinski definition) is 1. The molecule has 5 nitrogen and oxygen atoms in total. The SMILES string of the molecule is O=C(CCc1cn[nH]n1)N1CC(C2CCCC2)C1. The second-order valence-electron chi connectivity index (χ2n) is 5.56. The number of H-pyrrole nitrogens is 1. The molecule has 5 heteroatoms. The second kappa shape index (κ2) is 5.08. The van der Waals surface area contributed by atoms with Gasteiger partial charge in [0.25, 0.3) is 0 Å². The lowest BCUT2D eigenvalue weighted by Gasteiger charge is -2.42. The molecule has 1 amide bonds. The summed E-state index contributed by atoms with van der Waals surface area (Å²) >= 11 is 0. The highest BCUT2D eigenvalue weighted by Crippen LogP contribution is 2.36. The van der Waals surface area contributed by atoms with Crippen LogP contribution in [0.3, 0.4) is 0 Å². The number of rotatable bonds is 4. The maximum Gasteiger partial charge on any atom is 0.222 e. The van der Waals surface area contributed by atoms with Crippen molar-refractivity contribution in [2.75, 3.05) is 13.1 Å². The molecule has 0 aromatic carbocycles. The molecule has 1 aromatic rings. The van der Waals surface area contributed by atoms with Gasteiger partial charge in [0.15, 0.2) is 0 Å². The van der Waals surface area contributed by atoms with E-state index in [0.29, 0.717) is 12.8 Å². The standard InChI is InChI=1S/C13H20N4O/c18-13(6-5-12-7-14-16-15-12)17-8-11(9-17)10-3-1-2-4-10/h7,10-11H,1-6,8-9H2,(H,14,15,16). The molecule has 1 aromatic heterocycles. The monoisotopic (exact) mass is 248 g/mol. The van der Waals surface area contributed by atoms with Gasteiger partial charge in [-0.3, -0.25) is 4.79 Å². The summed E-state index contributed by atoms with van der Waals surface area (Å²) in [4.78, 5) is 14.0. The molecule has 1 aliphatic heterocycles. The van der Waals surface area contributed by atoms with E-state index in [0.717, 1.165) is 30.6 Å². The van der Waals surface area contributed by atoms with E-state index in [2.05, 4.69) is 15.4 Å². The number of nitrogens with one attached hydrogen (secondary N) is 1. The zero-order chi connectivity index (χ0) is 12.4. The number of aromatic nitrogens is 3. The Balaban J connectivity index is 1.39. The van der Waals surface area contributed by atoms with Crippen LogP contribution in [0.1, 0.15) is 37.8 Å². The van der Waals surface area contributed by atoms with Crippen LogP contribution in [0.25, 0.3) is 0 Å². The smallest absolute Gasteiger partial charge is 0.222 e. The van der Waals surface area contributed by atoms with Gasteiger partial charge in [-0.15, -0.1) is 0 Å². The zero-order valence-corrected chi connectivity index (χ0v) is 10.6. The summed E-state index contributed by atoms with van der Waals surface area (Å²) in [7, 11) is 0. The third kappa shape index (κ3) is 2.40. The van der Waals surface area contributed by atoms with Crippen molar-refractivity contribution >= 4 is 5.91 Å². The van der Waals surface area contributed by atoms with Crippen molar-refractivity contribution in [1.82, 2.24) is 20.3 Å². The normalized spacial score (nSPS) is 21.2. The van der Waals surface area contributed by atoms with E-state index in [-0.39, 0.29) is 5.91 Å². The number of carbonyl (C=O) groups is 1. The first-order valence-electron chi connectivity index (χ1n) is 6.95. The van der Waals surface area contributed by atoms with Crippen molar-refractivity contribution in [3.8, 4) is 0 Å². The fourth-order valence-electron chi connectivity index (χ4n) is 3.18. The van der Waals surface area contributed by atoms with Crippen LogP contribution < -0.4 is 0 Å². The number of aromatic amines is 1. The summed E-state index contributed by atoms with van der Waals surface area (Å²) in [5.41, 5.74) is 0.871. The van der Waals surface area contributed by atoms with E-state index in [1.165, 1.54) is 25.7 Å². The average Bonchev–Trinajstić information content (AvgIpc) is 2.97. The van der Waals surface area contributed by atoms with Crippen molar-refractivity contribution in [3.05, 3.63) is 11.9 Å². The number of aryl methyl sites for hydroxylation is 1. The first kappa shape index (κ1) is 11.7. The molecule has 1 saturated carbocycles. The average molecular weight is 248 g/mol. The Morgan fingerprint density at radius 3 is 2.78 bits per heavy atom. The Morgan fingerprint density at radius 2 is 2.11 bits per heavy atom. The van der Waals surface area contributed by atoms with E-state index in [1.807, 2.05) is 4.90 Å². The molecular weight excluding hydrogens is 228 g/mol.